The van der Waals surface area contributed by atoms with Crippen molar-refractivity contribution < 1.29 is 4.79 Å². The molecule has 1 heterocycles. The Morgan fingerprint density at radius 2 is 1.91 bits per heavy atom. The molecule has 0 bridgehead atoms. The number of hydrogen-bond acceptors (Lipinski definition) is 2. The minimum atomic E-state index is -0.0429. The predicted octanol–water partition coefficient (Wildman–Crippen LogP) is 4.04. The molecule has 3 heteroatoms. The Labute approximate surface area is 135 Å². The van der Waals surface area contributed by atoms with Gasteiger partial charge < -0.3 is 5.32 Å². The summed E-state index contributed by atoms with van der Waals surface area (Å²) in [5, 5.41) is 5.08. The topological polar surface area (TPSA) is 42.0 Å². The van der Waals surface area contributed by atoms with E-state index in [4.69, 9.17) is 0 Å². The molecule has 0 saturated heterocycles. The number of aromatic nitrogens is 1. The molecular weight excluding hydrogens is 284 g/mol. The molecule has 0 spiro atoms. The summed E-state index contributed by atoms with van der Waals surface area (Å²) < 4.78 is 0. The second-order valence-corrected chi connectivity index (χ2v) is 6.11. The molecular formula is C20H18N2O. The van der Waals surface area contributed by atoms with Gasteiger partial charge >= 0.3 is 0 Å². The highest BCUT2D eigenvalue weighted by Gasteiger charge is 2.23. The number of benzene rings is 2. The van der Waals surface area contributed by atoms with Crippen molar-refractivity contribution in [1.29, 1.82) is 0 Å². The van der Waals surface area contributed by atoms with Gasteiger partial charge in [0.25, 0.3) is 5.91 Å². The quantitative estimate of drug-likeness (QED) is 0.790. The molecule has 1 amide bonds. The van der Waals surface area contributed by atoms with Crippen LogP contribution in [-0.4, -0.2) is 10.9 Å². The summed E-state index contributed by atoms with van der Waals surface area (Å²) in [5.74, 6) is 0.634. The van der Waals surface area contributed by atoms with Crippen LogP contribution < -0.4 is 5.32 Å². The molecule has 23 heavy (non-hydrogen) atoms. The molecule has 2 aromatic carbocycles. The van der Waals surface area contributed by atoms with Gasteiger partial charge in [-0.3, -0.25) is 9.78 Å². The van der Waals surface area contributed by atoms with E-state index in [9.17, 15) is 4.79 Å². The van der Waals surface area contributed by atoms with Crippen LogP contribution in [0.15, 0.2) is 60.9 Å². The van der Waals surface area contributed by atoms with E-state index in [0.29, 0.717) is 12.5 Å². The zero-order chi connectivity index (χ0) is 15.6. The summed E-state index contributed by atoms with van der Waals surface area (Å²) in [6.07, 6.45) is 6.28. The lowest BCUT2D eigenvalue weighted by Gasteiger charge is -2.09. The maximum Gasteiger partial charge on any atom is 0.252 e. The van der Waals surface area contributed by atoms with Crippen molar-refractivity contribution in [2.24, 2.45) is 0 Å². The Hall–Kier alpha value is -2.68. The summed E-state index contributed by atoms with van der Waals surface area (Å²) in [4.78, 5) is 16.8. The summed E-state index contributed by atoms with van der Waals surface area (Å²) >= 11 is 0. The fourth-order valence-corrected chi connectivity index (χ4v) is 2.95. The monoisotopic (exact) mass is 302 g/mol. The Bertz CT molecular complexity index is 863. The normalized spacial score (nSPS) is 13.9. The zero-order valence-corrected chi connectivity index (χ0v) is 12.8. The van der Waals surface area contributed by atoms with Crippen LogP contribution in [0.2, 0.25) is 0 Å². The average molecular weight is 302 g/mol. The summed E-state index contributed by atoms with van der Waals surface area (Å²) in [6, 6.07) is 15.9. The second kappa shape index (κ2) is 5.84. The van der Waals surface area contributed by atoms with Crippen molar-refractivity contribution in [3.8, 4) is 0 Å². The number of nitrogens with zero attached hydrogens (tertiary/aromatic N) is 1. The smallest absolute Gasteiger partial charge is 0.252 e. The van der Waals surface area contributed by atoms with Crippen LogP contribution in [0.1, 0.15) is 40.2 Å². The first-order valence-corrected chi connectivity index (χ1v) is 8.01. The number of nitrogens with one attached hydrogen (secondary N) is 1. The third-order valence-electron chi connectivity index (χ3n) is 4.35. The van der Waals surface area contributed by atoms with Gasteiger partial charge in [-0.05, 0) is 46.7 Å². The first-order valence-electron chi connectivity index (χ1n) is 8.01. The van der Waals surface area contributed by atoms with Crippen molar-refractivity contribution in [1.82, 2.24) is 10.3 Å². The maximum absolute atomic E-state index is 12.5. The van der Waals surface area contributed by atoms with E-state index in [1.807, 2.05) is 54.9 Å². The largest absolute Gasteiger partial charge is 0.348 e. The van der Waals surface area contributed by atoms with E-state index in [-0.39, 0.29) is 5.91 Å². The van der Waals surface area contributed by atoms with Crippen LogP contribution in [0.25, 0.3) is 10.8 Å². The van der Waals surface area contributed by atoms with Crippen molar-refractivity contribution in [3.05, 3.63) is 77.6 Å². The van der Waals surface area contributed by atoms with Gasteiger partial charge in [-0.1, -0.05) is 42.5 Å². The van der Waals surface area contributed by atoms with E-state index < -0.39 is 0 Å². The first kappa shape index (κ1) is 13.9. The van der Waals surface area contributed by atoms with Crippen LogP contribution in [0, 0.1) is 0 Å². The lowest BCUT2D eigenvalue weighted by Crippen LogP contribution is -2.23. The van der Waals surface area contributed by atoms with Gasteiger partial charge in [-0.2, -0.15) is 0 Å². The second-order valence-electron chi connectivity index (χ2n) is 6.11. The minimum absolute atomic E-state index is 0.0429. The van der Waals surface area contributed by atoms with E-state index in [1.165, 1.54) is 18.4 Å². The van der Waals surface area contributed by atoms with Crippen LogP contribution in [-0.2, 0) is 6.54 Å². The highest BCUT2D eigenvalue weighted by atomic mass is 16.1. The third kappa shape index (κ3) is 2.95. The van der Waals surface area contributed by atoms with Gasteiger partial charge in [0, 0.05) is 24.5 Å². The number of hydrogen-bond donors (Lipinski definition) is 1. The maximum atomic E-state index is 12.5. The Morgan fingerprint density at radius 3 is 2.78 bits per heavy atom. The van der Waals surface area contributed by atoms with Crippen LogP contribution in [0.3, 0.4) is 0 Å². The molecule has 1 N–H and O–H groups in total. The third-order valence-corrected chi connectivity index (χ3v) is 4.35. The van der Waals surface area contributed by atoms with Gasteiger partial charge in [0.05, 0.1) is 0 Å². The Kier molecular flexibility index (Phi) is 3.54. The molecule has 1 fully saturated rings. The number of carbonyl (C=O) groups is 1. The minimum Gasteiger partial charge on any atom is -0.348 e. The van der Waals surface area contributed by atoms with Gasteiger partial charge in [-0.15, -0.1) is 0 Å². The number of pyridine rings is 1. The number of rotatable bonds is 4. The van der Waals surface area contributed by atoms with Crippen LogP contribution in [0.5, 0.6) is 0 Å². The molecule has 4 rings (SSSR count). The van der Waals surface area contributed by atoms with E-state index >= 15 is 0 Å². The highest BCUT2D eigenvalue weighted by Crippen LogP contribution is 2.39. The fourth-order valence-electron chi connectivity index (χ4n) is 2.95. The molecule has 1 saturated carbocycles. The molecule has 1 aromatic heterocycles. The lowest BCUT2D eigenvalue weighted by molar-refractivity contribution is 0.0952. The average Bonchev–Trinajstić information content (AvgIpc) is 3.44. The summed E-state index contributed by atoms with van der Waals surface area (Å²) in [6.45, 7) is 0.510. The molecule has 1 aliphatic rings. The molecule has 3 nitrogen and oxygen atoms in total. The van der Waals surface area contributed by atoms with Crippen molar-refractivity contribution in [2.75, 3.05) is 0 Å². The van der Waals surface area contributed by atoms with E-state index in [0.717, 1.165) is 21.9 Å². The lowest BCUT2D eigenvalue weighted by atomic mass is 10.0. The molecule has 114 valence electrons. The van der Waals surface area contributed by atoms with Gasteiger partial charge in [-0.25, -0.2) is 0 Å². The first-order chi connectivity index (χ1) is 11.3. The predicted molar refractivity (Wildman–Crippen MR) is 91.3 cm³/mol. The Balaban J connectivity index is 1.52. The molecule has 1 aliphatic carbocycles. The molecule has 0 radical (unpaired) electrons. The van der Waals surface area contributed by atoms with Gasteiger partial charge in [0.1, 0.15) is 0 Å². The number of carbonyl (C=O) groups excluding carboxylic acids is 1. The SMILES string of the molecule is O=C(NCc1cncc(C2CC2)c1)c1cccc2ccccc12. The summed E-state index contributed by atoms with van der Waals surface area (Å²) in [7, 11) is 0. The van der Waals surface area contributed by atoms with Crippen molar-refractivity contribution in [2.45, 2.75) is 25.3 Å². The van der Waals surface area contributed by atoms with Crippen molar-refractivity contribution in [3.63, 3.8) is 0 Å². The van der Waals surface area contributed by atoms with Gasteiger partial charge in [0.2, 0.25) is 0 Å². The zero-order valence-electron chi connectivity index (χ0n) is 12.8. The molecule has 3 aromatic rings. The highest BCUT2D eigenvalue weighted by molar-refractivity contribution is 6.06. The number of amides is 1. The fraction of sp³-hybridized carbons (Fsp3) is 0.200. The Morgan fingerprint density at radius 1 is 1.09 bits per heavy atom. The number of fused-ring (bicyclic) bond motifs is 1. The molecule has 0 aliphatic heterocycles. The standard InChI is InChI=1S/C20H18N2O/c23-20(19-7-3-5-16-4-1-2-6-18(16)19)22-12-14-10-17(13-21-11-14)15-8-9-15/h1-7,10-11,13,15H,8-9,12H2,(H,22,23). The van der Waals surface area contributed by atoms with E-state index in [2.05, 4.69) is 16.4 Å². The van der Waals surface area contributed by atoms with E-state index in [1.54, 1.807) is 0 Å². The van der Waals surface area contributed by atoms with Crippen molar-refractivity contribution >= 4 is 16.7 Å². The van der Waals surface area contributed by atoms with Crippen LogP contribution >= 0.6 is 0 Å². The van der Waals surface area contributed by atoms with Crippen LogP contribution in [0.4, 0.5) is 0 Å². The summed E-state index contributed by atoms with van der Waals surface area (Å²) in [5.41, 5.74) is 3.07. The van der Waals surface area contributed by atoms with Gasteiger partial charge in [0.15, 0.2) is 0 Å². The molecule has 0 atom stereocenters. The molecule has 0 unspecified atom stereocenters.